The van der Waals surface area contributed by atoms with Gasteiger partial charge >= 0.3 is 0 Å². The molecule has 17 heavy (non-hydrogen) atoms. The summed E-state index contributed by atoms with van der Waals surface area (Å²) < 4.78 is 0. The Morgan fingerprint density at radius 1 is 1.18 bits per heavy atom. The first kappa shape index (κ1) is 12.1. The van der Waals surface area contributed by atoms with E-state index in [1.54, 1.807) is 11.3 Å². The summed E-state index contributed by atoms with van der Waals surface area (Å²) in [7, 11) is 0. The zero-order chi connectivity index (χ0) is 12.3. The monoisotopic (exact) mass is 246 g/mol. The molecule has 0 atom stereocenters. The Labute approximate surface area is 107 Å². The molecule has 0 fully saturated rings. The highest BCUT2D eigenvalue weighted by molar-refractivity contribution is 7.18. The van der Waals surface area contributed by atoms with E-state index >= 15 is 0 Å². The average molecular weight is 246 g/mol. The van der Waals surface area contributed by atoms with Gasteiger partial charge in [-0.3, -0.25) is 0 Å². The van der Waals surface area contributed by atoms with Crippen molar-refractivity contribution in [3.8, 4) is 10.6 Å². The second-order valence-electron chi connectivity index (χ2n) is 4.15. The molecule has 0 saturated heterocycles. The highest BCUT2D eigenvalue weighted by Crippen LogP contribution is 2.35. The number of aromatic nitrogens is 1. The molecule has 2 rings (SSSR count). The van der Waals surface area contributed by atoms with Crippen molar-refractivity contribution in [2.75, 3.05) is 5.73 Å². The number of nitrogen functional groups attached to an aromatic ring is 1. The van der Waals surface area contributed by atoms with E-state index in [0.717, 1.165) is 34.1 Å². The number of rotatable bonds is 4. The molecule has 3 heteroatoms. The second-order valence-corrected chi connectivity index (χ2v) is 5.18. The number of benzene rings is 1. The molecule has 2 nitrogen and oxygen atoms in total. The van der Waals surface area contributed by atoms with Gasteiger partial charge in [-0.2, -0.15) is 0 Å². The van der Waals surface area contributed by atoms with Crippen molar-refractivity contribution in [3.05, 3.63) is 36.0 Å². The Morgan fingerprint density at radius 2 is 1.82 bits per heavy atom. The van der Waals surface area contributed by atoms with Crippen LogP contribution in [0.4, 0.5) is 5.00 Å². The van der Waals surface area contributed by atoms with E-state index in [1.165, 1.54) is 0 Å². The molecule has 0 saturated carbocycles. The fourth-order valence-corrected chi connectivity index (χ4v) is 2.94. The van der Waals surface area contributed by atoms with Crippen molar-refractivity contribution in [1.29, 1.82) is 0 Å². The number of nitrogens with zero attached hydrogens (tertiary/aromatic N) is 1. The van der Waals surface area contributed by atoms with Gasteiger partial charge in [-0.25, -0.2) is 4.98 Å². The van der Waals surface area contributed by atoms with Crippen LogP contribution in [-0.2, 0) is 0 Å². The predicted molar refractivity (Wildman–Crippen MR) is 75.3 cm³/mol. The van der Waals surface area contributed by atoms with E-state index in [0.29, 0.717) is 5.92 Å². The van der Waals surface area contributed by atoms with Crippen molar-refractivity contribution >= 4 is 16.3 Å². The zero-order valence-corrected chi connectivity index (χ0v) is 11.1. The lowest BCUT2D eigenvalue weighted by Crippen LogP contribution is -1.99. The first-order valence-corrected chi connectivity index (χ1v) is 6.89. The van der Waals surface area contributed by atoms with Crippen molar-refractivity contribution < 1.29 is 0 Å². The topological polar surface area (TPSA) is 38.9 Å². The van der Waals surface area contributed by atoms with Crippen molar-refractivity contribution in [3.63, 3.8) is 0 Å². The van der Waals surface area contributed by atoms with Gasteiger partial charge < -0.3 is 5.73 Å². The Morgan fingerprint density at radius 3 is 2.41 bits per heavy atom. The molecule has 1 aromatic carbocycles. The Bertz CT molecular complexity index is 472. The van der Waals surface area contributed by atoms with E-state index in [9.17, 15) is 0 Å². The number of thiazole rings is 1. The van der Waals surface area contributed by atoms with Gasteiger partial charge in [-0.1, -0.05) is 55.5 Å². The molecular formula is C14H18N2S. The Hall–Kier alpha value is -1.35. The molecule has 0 bridgehead atoms. The second kappa shape index (κ2) is 5.32. The van der Waals surface area contributed by atoms with Crippen LogP contribution in [0.2, 0.25) is 0 Å². The van der Waals surface area contributed by atoms with Crippen LogP contribution in [-0.4, -0.2) is 4.98 Å². The van der Waals surface area contributed by atoms with E-state index in [-0.39, 0.29) is 0 Å². The van der Waals surface area contributed by atoms with Crippen LogP contribution < -0.4 is 5.73 Å². The summed E-state index contributed by atoms with van der Waals surface area (Å²) in [5, 5.41) is 1.91. The van der Waals surface area contributed by atoms with Gasteiger partial charge in [0.25, 0.3) is 0 Å². The molecule has 0 unspecified atom stereocenters. The molecular weight excluding hydrogens is 228 g/mol. The maximum absolute atomic E-state index is 6.09. The third kappa shape index (κ3) is 2.50. The molecule has 0 aliphatic carbocycles. The zero-order valence-electron chi connectivity index (χ0n) is 10.3. The normalized spacial score (nSPS) is 11.0. The quantitative estimate of drug-likeness (QED) is 0.873. The largest absolute Gasteiger partial charge is 0.389 e. The summed E-state index contributed by atoms with van der Waals surface area (Å²) in [6.45, 7) is 4.38. The lowest BCUT2D eigenvalue weighted by molar-refractivity contribution is 0.629. The van der Waals surface area contributed by atoms with Gasteiger partial charge in [-0.05, 0) is 12.8 Å². The Balaban J connectivity index is 2.37. The van der Waals surface area contributed by atoms with Crippen LogP contribution in [0.3, 0.4) is 0 Å². The summed E-state index contributed by atoms with van der Waals surface area (Å²) >= 11 is 1.59. The predicted octanol–water partition coefficient (Wildman–Crippen LogP) is 4.30. The first-order chi connectivity index (χ1) is 8.26. The molecule has 1 heterocycles. The van der Waals surface area contributed by atoms with Crippen LogP contribution in [0.1, 0.15) is 38.3 Å². The van der Waals surface area contributed by atoms with Gasteiger partial charge in [-0.15, -0.1) is 0 Å². The lowest BCUT2D eigenvalue weighted by Gasteiger charge is -2.09. The molecule has 0 radical (unpaired) electrons. The van der Waals surface area contributed by atoms with E-state index < -0.39 is 0 Å². The molecule has 2 N–H and O–H groups in total. The minimum Gasteiger partial charge on any atom is -0.389 e. The number of anilines is 1. The average Bonchev–Trinajstić information content (AvgIpc) is 2.75. The van der Waals surface area contributed by atoms with Crippen LogP contribution in [0.5, 0.6) is 0 Å². The fourth-order valence-electron chi connectivity index (χ4n) is 2.02. The van der Waals surface area contributed by atoms with Gasteiger partial charge in [0.15, 0.2) is 0 Å². The summed E-state index contributed by atoms with van der Waals surface area (Å²) in [5.41, 5.74) is 8.32. The smallest absolute Gasteiger partial charge is 0.125 e. The Kier molecular flexibility index (Phi) is 3.79. The lowest BCUT2D eigenvalue weighted by atomic mass is 10.00. The third-order valence-electron chi connectivity index (χ3n) is 3.07. The molecule has 0 amide bonds. The SMILES string of the molecule is CCC(CC)c1nc(-c2ccccc2)sc1N. The summed E-state index contributed by atoms with van der Waals surface area (Å²) in [4.78, 5) is 4.72. The molecule has 2 aromatic rings. The summed E-state index contributed by atoms with van der Waals surface area (Å²) in [6, 6.07) is 10.2. The van der Waals surface area contributed by atoms with Crippen LogP contribution in [0.15, 0.2) is 30.3 Å². The minimum atomic E-state index is 0.490. The van der Waals surface area contributed by atoms with Crippen molar-refractivity contribution in [1.82, 2.24) is 4.98 Å². The van der Waals surface area contributed by atoms with Crippen LogP contribution >= 0.6 is 11.3 Å². The van der Waals surface area contributed by atoms with E-state index in [2.05, 4.69) is 26.0 Å². The van der Waals surface area contributed by atoms with Gasteiger partial charge in [0.2, 0.25) is 0 Å². The summed E-state index contributed by atoms with van der Waals surface area (Å²) in [6.07, 6.45) is 2.19. The number of hydrogen-bond donors (Lipinski definition) is 1. The summed E-state index contributed by atoms with van der Waals surface area (Å²) in [5.74, 6) is 0.490. The van der Waals surface area contributed by atoms with Crippen LogP contribution in [0.25, 0.3) is 10.6 Å². The van der Waals surface area contributed by atoms with Gasteiger partial charge in [0, 0.05) is 11.5 Å². The molecule has 1 aromatic heterocycles. The number of nitrogens with two attached hydrogens (primary N) is 1. The van der Waals surface area contributed by atoms with E-state index in [4.69, 9.17) is 10.7 Å². The molecule has 0 aliphatic heterocycles. The highest BCUT2D eigenvalue weighted by Gasteiger charge is 2.16. The standard InChI is InChI=1S/C14H18N2S/c1-3-10(4-2)12-13(15)17-14(16-12)11-8-6-5-7-9-11/h5-10H,3-4,15H2,1-2H3. The fraction of sp³-hybridized carbons (Fsp3) is 0.357. The molecule has 90 valence electrons. The first-order valence-electron chi connectivity index (χ1n) is 6.07. The number of hydrogen-bond acceptors (Lipinski definition) is 3. The highest BCUT2D eigenvalue weighted by atomic mass is 32.1. The van der Waals surface area contributed by atoms with Crippen LogP contribution in [0, 0.1) is 0 Å². The minimum absolute atomic E-state index is 0.490. The third-order valence-corrected chi connectivity index (χ3v) is 4.02. The van der Waals surface area contributed by atoms with E-state index in [1.807, 2.05) is 18.2 Å². The van der Waals surface area contributed by atoms with Gasteiger partial charge in [0.05, 0.1) is 5.69 Å². The maximum Gasteiger partial charge on any atom is 0.125 e. The molecule has 0 spiro atoms. The van der Waals surface area contributed by atoms with Gasteiger partial charge in [0.1, 0.15) is 10.0 Å². The molecule has 0 aliphatic rings. The van der Waals surface area contributed by atoms with Crippen molar-refractivity contribution in [2.45, 2.75) is 32.6 Å². The maximum atomic E-state index is 6.09. The van der Waals surface area contributed by atoms with Crippen molar-refractivity contribution in [2.24, 2.45) is 0 Å².